The molecule has 0 bridgehead atoms. The summed E-state index contributed by atoms with van der Waals surface area (Å²) in [6.45, 7) is 0. The number of nitriles is 1. The van der Waals surface area contributed by atoms with E-state index in [1.165, 1.54) is 23.1 Å². The van der Waals surface area contributed by atoms with Crippen LogP contribution in [0.15, 0.2) is 24.5 Å². The number of amides is 2. The first-order chi connectivity index (χ1) is 11.7. The summed E-state index contributed by atoms with van der Waals surface area (Å²) in [4.78, 5) is 12.1. The predicted octanol–water partition coefficient (Wildman–Crippen LogP) is 2.01. The lowest BCUT2D eigenvalue weighted by molar-refractivity contribution is 0.238. The summed E-state index contributed by atoms with van der Waals surface area (Å²) < 4.78 is 15.3. The van der Waals surface area contributed by atoms with Crippen molar-refractivity contribution in [3.8, 4) is 11.8 Å². The number of carbonyl (C=O) groups excluding carboxylic acids is 1. The molecule has 9 heteroatoms. The summed E-state index contributed by atoms with van der Waals surface area (Å²) >= 11 is 0. The van der Waals surface area contributed by atoms with Crippen LogP contribution in [0, 0.1) is 23.1 Å². The molecule has 3 rings (SSSR count). The molecule has 0 aliphatic heterocycles. The molecule has 8 nitrogen and oxygen atoms in total. The van der Waals surface area contributed by atoms with Crippen LogP contribution in [-0.2, 0) is 0 Å². The van der Waals surface area contributed by atoms with Gasteiger partial charge in [0.2, 0.25) is 0 Å². The SMILES string of the molecule is N#CC1CCCCC1NC(=O)Nc1ccc(-n2cnnn2)c(F)c1. The van der Waals surface area contributed by atoms with E-state index in [2.05, 4.69) is 32.2 Å². The maximum absolute atomic E-state index is 14.1. The van der Waals surface area contributed by atoms with Crippen LogP contribution < -0.4 is 10.6 Å². The molecule has 1 aliphatic rings. The van der Waals surface area contributed by atoms with E-state index in [0.717, 1.165) is 25.7 Å². The van der Waals surface area contributed by atoms with E-state index in [4.69, 9.17) is 5.26 Å². The minimum Gasteiger partial charge on any atom is -0.334 e. The lowest BCUT2D eigenvalue weighted by atomic mass is 9.85. The Morgan fingerprint density at radius 2 is 2.21 bits per heavy atom. The number of nitrogens with zero attached hydrogens (tertiary/aromatic N) is 5. The van der Waals surface area contributed by atoms with Gasteiger partial charge in [0.15, 0.2) is 5.82 Å². The Labute approximate surface area is 137 Å². The molecule has 2 unspecified atom stereocenters. The summed E-state index contributed by atoms with van der Waals surface area (Å²) in [5, 5.41) is 25.0. The number of benzene rings is 1. The van der Waals surface area contributed by atoms with Crippen molar-refractivity contribution < 1.29 is 9.18 Å². The highest BCUT2D eigenvalue weighted by Crippen LogP contribution is 2.24. The molecule has 24 heavy (non-hydrogen) atoms. The highest BCUT2D eigenvalue weighted by atomic mass is 19.1. The van der Waals surface area contributed by atoms with Gasteiger partial charge in [0.05, 0.1) is 12.0 Å². The number of urea groups is 1. The summed E-state index contributed by atoms with van der Waals surface area (Å²) in [6.07, 6.45) is 4.83. The standard InChI is InChI=1S/C15H16FN7O/c16-12-7-11(5-6-14(12)23-9-18-21-22-23)19-15(24)20-13-4-2-1-3-10(13)8-17/h5-7,9-10,13H,1-4H2,(H2,19,20,24). The first kappa shape index (κ1) is 15.9. The molecular weight excluding hydrogens is 313 g/mol. The number of rotatable bonds is 3. The quantitative estimate of drug-likeness (QED) is 0.895. The summed E-state index contributed by atoms with van der Waals surface area (Å²) in [6, 6.07) is 5.84. The third-order valence-corrected chi connectivity index (χ3v) is 4.05. The maximum Gasteiger partial charge on any atom is 0.319 e. The topological polar surface area (TPSA) is 109 Å². The molecule has 2 N–H and O–H groups in total. The van der Waals surface area contributed by atoms with Crippen LogP contribution in [0.3, 0.4) is 0 Å². The normalized spacial score (nSPS) is 20.2. The number of halogens is 1. The van der Waals surface area contributed by atoms with Gasteiger partial charge in [-0.3, -0.25) is 0 Å². The Bertz CT molecular complexity index is 756. The van der Waals surface area contributed by atoms with Crippen LogP contribution >= 0.6 is 0 Å². The van der Waals surface area contributed by atoms with Gasteiger partial charge < -0.3 is 10.6 Å². The fourth-order valence-electron chi connectivity index (χ4n) is 2.84. The van der Waals surface area contributed by atoms with Crippen LogP contribution in [0.2, 0.25) is 0 Å². The highest BCUT2D eigenvalue weighted by molar-refractivity contribution is 5.89. The Morgan fingerprint density at radius 3 is 2.92 bits per heavy atom. The third kappa shape index (κ3) is 3.48. The van der Waals surface area contributed by atoms with Crippen molar-refractivity contribution in [2.45, 2.75) is 31.7 Å². The highest BCUT2D eigenvalue weighted by Gasteiger charge is 2.26. The smallest absolute Gasteiger partial charge is 0.319 e. The van der Waals surface area contributed by atoms with Gasteiger partial charge in [0, 0.05) is 11.7 Å². The Balaban J connectivity index is 1.64. The van der Waals surface area contributed by atoms with Gasteiger partial charge in [-0.25, -0.2) is 9.18 Å². The van der Waals surface area contributed by atoms with Gasteiger partial charge in [0.1, 0.15) is 12.0 Å². The van der Waals surface area contributed by atoms with Gasteiger partial charge in [-0.2, -0.15) is 9.94 Å². The zero-order valence-corrected chi connectivity index (χ0v) is 12.8. The number of hydrogen-bond donors (Lipinski definition) is 2. The maximum atomic E-state index is 14.1. The number of nitrogens with one attached hydrogen (secondary N) is 2. The van der Waals surface area contributed by atoms with Crippen molar-refractivity contribution >= 4 is 11.7 Å². The van der Waals surface area contributed by atoms with Crippen molar-refractivity contribution in [3.63, 3.8) is 0 Å². The van der Waals surface area contributed by atoms with Gasteiger partial charge in [-0.15, -0.1) is 5.10 Å². The monoisotopic (exact) mass is 329 g/mol. The van der Waals surface area contributed by atoms with Gasteiger partial charge in [-0.1, -0.05) is 12.8 Å². The molecule has 2 amide bonds. The van der Waals surface area contributed by atoms with E-state index in [1.54, 1.807) is 6.07 Å². The number of carbonyl (C=O) groups is 1. The van der Waals surface area contributed by atoms with Crippen LogP contribution in [0.25, 0.3) is 5.69 Å². The molecular formula is C15H16FN7O. The van der Waals surface area contributed by atoms with E-state index < -0.39 is 11.8 Å². The molecule has 2 aromatic rings. The molecule has 2 atom stereocenters. The van der Waals surface area contributed by atoms with Crippen molar-refractivity contribution in [1.82, 2.24) is 25.5 Å². The minimum atomic E-state index is -0.562. The fraction of sp³-hybridized carbons (Fsp3) is 0.400. The number of anilines is 1. The van der Waals surface area contributed by atoms with Crippen LogP contribution in [-0.4, -0.2) is 32.3 Å². The average molecular weight is 329 g/mol. The Morgan fingerprint density at radius 1 is 1.38 bits per heavy atom. The van der Waals surface area contributed by atoms with Crippen molar-refractivity contribution in [1.29, 1.82) is 5.26 Å². The van der Waals surface area contributed by atoms with Crippen molar-refractivity contribution in [2.75, 3.05) is 5.32 Å². The van der Waals surface area contributed by atoms with Gasteiger partial charge in [0.25, 0.3) is 0 Å². The minimum absolute atomic E-state index is 0.172. The largest absolute Gasteiger partial charge is 0.334 e. The molecule has 1 saturated carbocycles. The third-order valence-electron chi connectivity index (χ3n) is 4.05. The second-order valence-corrected chi connectivity index (χ2v) is 5.65. The summed E-state index contributed by atoms with van der Waals surface area (Å²) in [5.74, 6) is -0.740. The zero-order valence-electron chi connectivity index (χ0n) is 12.8. The van der Waals surface area contributed by atoms with E-state index in [9.17, 15) is 9.18 Å². The van der Waals surface area contributed by atoms with E-state index in [-0.39, 0.29) is 17.6 Å². The fourth-order valence-corrected chi connectivity index (χ4v) is 2.84. The first-order valence-electron chi connectivity index (χ1n) is 7.67. The van der Waals surface area contributed by atoms with Gasteiger partial charge in [-0.05, 0) is 41.5 Å². The molecule has 1 aliphatic carbocycles. The number of hydrogen-bond acceptors (Lipinski definition) is 5. The second kappa shape index (κ2) is 7.04. The summed E-state index contributed by atoms with van der Waals surface area (Å²) in [5.41, 5.74) is 0.494. The molecule has 0 spiro atoms. The number of tetrazole rings is 1. The van der Waals surface area contributed by atoms with Gasteiger partial charge >= 0.3 is 6.03 Å². The summed E-state index contributed by atoms with van der Waals surface area (Å²) in [7, 11) is 0. The average Bonchev–Trinajstić information content (AvgIpc) is 3.09. The van der Waals surface area contributed by atoms with Crippen molar-refractivity contribution in [2.24, 2.45) is 5.92 Å². The molecule has 1 aromatic heterocycles. The van der Waals surface area contributed by atoms with Crippen molar-refractivity contribution in [3.05, 3.63) is 30.3 Å². The second-order valence-electron chi connectivity index (χ2n) is 5.65. The van der Waals surface area contributed by atoms with E-state index >= 15 is 0 Å². The van der Waals surface area contributed by atoms with E-state index in [0.29, 0.717) is 5.69 Å². The Hall–Kier alpha value is -3.02. The molecule has 1 fully saturated rings. The lowest BCUT2D eigenvalue weighted by Gasteiger charge is -2.27. The molecule has 1 aromatic carbocycles. The Kier molecular flexibility index (Phi) is 4.65. The molecule has 1 heterocycles. The zero-order chi connectivity index (χ0) is 16.9. The molecule has 0 saturated heterocycles. The number of aromatic nitrogens is 4. The van der Waals surface area contributed by atoms with Crippen LogP contribution in [0.5, 0.6) is 0 Å². The predicted molar refractivity (Wildman–Crippen MR) is 82.6 cm³/mol. The molecule has 0 radical (unpaired) electrons. The molecule has 124 valence electrons. The van der Waals surface area contributed by atoms with Crippen LogP contribution in [0.4, 0.5) is 14.9 Å². The first-order valence-corrected chi connectivity index (χ1v) is 7.67. The van der Waals surface area contributed by atoms with E-state index in [1.807, 2.05) is 0 Å². The van der Waals surface area contributed by atoms with Crippen LogP contribution in [0.1, 0.15) is 25.7 Å². The lowest BCUT2D eigenvalue weighted by Crippen LogP contribution is -2.43.